The van der Waals surface area contributed by atoms with Crippen LogP contribution in [0.5, 0.6) is 0 Å². The van der Waals surface area contributed by atoms with Crippen LogP contribution >= 0.6 is 11.6 Å². The average Bonchev–Trinajstić information content (AvgIpc) is 2.45. The van der Waals surface area contributed by atoms with Crippen LogP contribution in [0.4, 0.5) is 4.79 Å². The summed E-state index contributed by atoms with van der Waals surface area (Å²) in [5.41, 5.74) is 0.710. The molecule has 1 aromatic rings. The molecular formula is C18H29ClN2O2. The molecule has 0 aliphatic carbocycles. The van der Waals surface area contributed by atoms with Crippen LogP contribution in [0.1, 0.15) is 52.6 Å². The number of benzene rings is 1. The molecule has 0 fully saturated rings. The second kappa shape index (κ2) is 9.14. The fourth-order valence-electron chi connectivity index (χ4n) is 2.18. The summed E-state index contributed by atoms with van der Waals surface area (Å²) >= 11 is 5.91. The van der Waals surface area contributed by atoms with Gasteiger partial charge in [-0.25, -0.2) is 4.79 Å². The highest BCUT2D eigenvalue weighted by Gasteiger charge is 2.21. The number of amides is 1. The van der Waals surface area contributed by atoms with Gasteiger partial charge in [0.2, 0.25) is 0 Å². The fourth-order valence-corrected chi connectivity index (χ4v) is 2.30. The van der Waals surface area contributed by atoms with Crippen LogP contribution in [0.3, 0.4) is 0 Å². The van der Waals surface area contributed by atoms with E-state index < -0.39 is 5.60 Å². The molecule has 4 nitrogen and oxygen atoms in total. The lowest BCUT2D eigenvalue weighted by Gasteiger charge is -2.27. The Balaban J connectivity index is 2.48. The van der Waals surface area contributed by atoms with Gasteiger partial charge in [-0.15, -0.1) is 0 Å². The Hall–Kier alpha value is -1.26. The molecule has 0 heterocycles. The van der Waals surface area contributed by atoms with Crippen LogP contribution in [0.2, 0.25) is 5.02 Å². The molecule has 0 saturated carbocycles. The lowest BCUT2D eigenvalue weighted by atomic mass is 10.1. The Morgan fingerprint density at radius 2 is 1.87 bits per heavy atom. The standard InChI is InChI=1S/C18H29ClN2O2/c1-6-12-21(17(22)23-18(3,4)5)13-11-20-14(2)15-7-9-16(19)10-8-15/h7-10,14,20H,6,11-13H2,1-5H3. The van der Waals surface area contributed by atoms with E-state index in [4.69, 9.17) is 16.3 Å². The number of hydrogen-bond donors (Lipinski definition) is 1. The third kappa shape index (κ3) is 7.71. The number of halogens is 1. The summed E-state index contributed by atoms with van der Waals surface area (Å²) in [6.45, 7) is 11.8. The highest BCUT2D eigenvalue weighted by Crippen LogP contribution is 2.16. The molecule has 5 heteroatoms. The maximum Gasteiger partial charge on any atom is 0.410 e. The predicted molar refractivity (Wildman–Crippen MR) is 96.0 cm³/mol. The largest absolute Gasteiger partial charge is 0.444 e. The summed E-state index contributed by atoms with van der Waals surface area (Å²) in [7, 11) is 0. The van der Waals surface area contributed by atoms with Gasteiger partial charge in [-0.3, -0.25) is 0 Å². The van der Waals surface area contributed by atoms with Crippen molar-refractivity contribution in [2.75, 3.05) is 19.6 Å². The zero-order valence-corrected chi connectivity index (χ0v) is 15.6. The van der Waals surface area contributed by atoms with Crippen LogP contribution in [0.15, 0.2) is 24.3 Å². The van der Waals surface area contributed by atoms with Crippen molar-refractivity contribution >= 4 is 17.7 Å². The smallest absolute Gasteiger partial charge is 0.410 e. The number of rotatable bonds is 7. The SMILES string of the molecule is CCCN(CCNC(C)c1ccc(Cl)cc1)C(=O)OC(C)(C)C. The third-order valence-corrected chi connectivity index (χ3v) is 3.60. The molecule has 0 aliphatic heterocycles. The molecule has 1 rings (SSSR count). The number of carbonyl (C=O) groups excluding carboxylic acids is 1. The number of carbonyl (C=O) groups is 1. The highest BCUT2D eigenvalue weighted by molar-refractivity contribution is 6.30. The summed E-state index contributed by atoms with van der Waals surface area (Å²) in [5, 5.41) is 4.17. The molecule has 0 aliphatic rings. The van der Waals surface area contributed by atoms with Gasteiger partial charge >= 0.3 is 6.09 Å². The minimum atomic E-state index is -0.465. The van der Waals surface area contributed by atoms with Crippen molar-refractivity contribution in [2.24, 2.45) is 0 Å². The van der Waals surface area contributed by atoms with Crippen molar-refractivity contribution in [3.63, 3.8) is 0 Å². The number of nitrogens with zero attached hydrogens (tertiary/aromatic N) is 1. The average molecular weight is 341 g/mol. The molecule has 0 radical (unpaired) electrons. The molecule has 1 aromatic carbocycles. The Bertz CT molecular complexity index is 483. The van der Waals surface area contributed by atoms with Gasteiger partial charge in [-0.1, -0.05) is 30.7 Å². The van der Waals surface area contributed by atoms with Gasteiger partial charge in [-0.05, 0) is 51.8 Å². The first kappa shape index (κ1) is 19.8. The first-order valence-corrected chi connectivity index (χ1v) is 8.57. The van der Waals surface area contributed by atoms with Crippen LogP contribution in [-0.2, 0) is 4.74 Å². The van der Waals surface area contributed by atoms with Gasteiger partial charge in [-0.2, -0.15) is 0 Å². The number of nitrogens with one attached hydrogen (secondary N) is 1. The maximum atomic E-state index is 12.2. The van der Waals surface area contributed by atoms with Crippen molar-refractivity contribution < 1.29 is 9.53 Å². The Morgan fingerprint density at radius 3 is 2.39 bits per heavy atom. The van der Waals surface area contributed by atoms with Crippen molar-refractivity contribution in [3.05, 3.63) is 34.9 Å². The summed E-state index contributed by atoms with van der Waals surface area (Å²) in [5.74, 6) is 0. The van der Waals surface area contributed by atoms with E-state index in [-0.39, 0.29) is 12.1 Å². The van der Waals surface area contributed by atoms with Gasteiger partial charge in [0.05, 0.1) is 0 Å². The summed E-state index contributed by atoms with van der Waals surface area (Å²) in [4.78, 5) is 14.0. The molecule has 23 heavy (non-hydrogen) atoms. The molecule has 130 valence electrons. The van der Waals surface area contributed by atoms with E-state index in [1.165, 1.54) is 5.56 Å². The monoisotopic (exact) mass is 340 g/mol. The summed E-state index contributed by atoms with van der Waals surface area (Å²) < 4.78 is 5.45. The van der Waals surface area contributed by atoms with Gasteiger partial charge in [0.1, 0.15) is 5.60 Å². The Kier molecular flexibility index (Phi) is 7.86. The van der Waals surface area contributed by atoms with Crippen molar-refractivity contribution in [2.45, 2.75) is 52.7 Å². The molecule has 1 N–H and O–H groups in total. The van der Waals surface area contributed by atoms with E-state index in [9.17, 15) is 4.79 Å². The van der Waals surface area contributed by atoms with Gasteiger partial charge in [0, 0.05) is 30.7 Å². The van der Waals surface area contributed by atoms with Gasteiger partial charge < -0.3 is 15.0 Å². The van der Waals surface area contributed by atoms with E-state index >= 15 is 0 Å². The molecule has 1 atom stereocenters. The molecular weight excluding hydrogens is 312 g/mol. The molecule has 0 spiro atoms. The number of hydrogen-bond acceptors (Lipinski definition) is 3. The van der Waals surface area contributed by atoms with E-state index in [0.717, 1.165) is 11.4 Å². The third-order valence-electron chi connectivity index (χ3n) is 3.35. The van der Waals surface area contributed by atoms with E-state index in [2.05, 4.69) is 19.2 Å². The maximum absolute atomic E-state index is 12.2. The van der Waals surface area contributed by atoms with E-state index in [0.29, 0.717) is 19.6 Å². The normalized spacial score (nSPS) is 12.8. The van der Waals surface area contributed by atoms with Gasteiger partial charge in [0.15, 0.2) is 0 Å². The van der Waals surface area contributed by atoms with E-state index in [1.807, 2.05) is 45.0 Å². The van der Waals surface area contributed by atoms with Crippen LogP contribution < -0.4 is 5.32 Å². The fraction of sp³-hybridized carbons (Fsp3) is 0.611. The molecule has 0 saturated heterocycles. The summed E-state index contributed by atoms with van der Waals surface area (Å²) in [6.07, 6.45) is 0.659. The van der Waals surface area contributed by atoms with Crippen molar-refractivity contribution in [3.8, 4) is 0 Å². The lowest BCUT2D eigenvalue weighted by Crippen LogP contribution is -2.41. The molecule has 1 unspecified atom stereocenters. The molecule has 0 aromatic heterocycles. The van der Waals surface area contributed by atoms with Crippen LogP contribution in [0, 0.1) is 0 Å². The minimum absolute atomic E-state index is 0.203. The van der Waals surface area contributed by atoms with Crippen molar-refractivity contribution in [1.29, 1.82) is 0 Å². The van der Waals surface area contributed by atoms with Crippen molar-refractivity contribution in [1.82, 2.24) is 10.2 Å². The zero-order valence-electron chi connectivity index (χ0n) is 14.9. The second-order valence-corrected chi connectivity index (χ2v) is 7.13. The van der Waals surface area contributed by atoms with Crippen LogP contribution in [-0.4, -0.2) is 36.2 Å². The molecule has 0 bridgehead atoms. The lowest BCUT2D eigenvalue weighted by molar-refractivity contribution is 0.0251. The second-order valence-electron chi connectivity index (χ2n) is 6.69. The quantitative estimate of drug-likeness (QED) is 0.786. The van der Waals surface area contributed by atoms with E-state index in [1.54, 1.807) is 4.90 Å². The highest BCUT2D eigenvalue weighted by atomic mass is 35.5. The topological polar surface area (TPSA) is 41.6 Å². The van der Waals surface area contributed by atoms with Crippen LogP contribution in [0.25, 0.3) is 0 Å². The summed E-state index contributed by atoms with van der Waals surface area (Å²) in [6, 6.07) is 8.00. The first-order valence-electron chi connectivity index (χ1n) is 8.19. The minimum Gasteiger partial charge on any atom is -0.444 e. The Labute approximate surface area is 145 Å². The zero-order chi connectivity index (χ0) is 17.5. The first-order chi connectivity index (χ1) is 10.7. The van der Waals surface area contributed by atoms with Gasteiger partial charge in [0.25, 0.3) is 0 Å². The Morgan fingerprint density at radius 1 is 1.26 bits per heavy atom. The predicted octanol–water partition coefficient (Wildman–Crippen LogP) is 4.64. The number of ether oxygens (including phenoxy) is 1. The molecule has 1 amide bonds.